The van der Waals surface area contributed by atoms with Gasteiger partial charge in [-0.15, -0.1) is 0 Å². The molecule has 0 aliphatic carbocycles. The highest BCUT2D eigenvalue weighted by Crippen LogP contribution is 2.43. The van der Waals surface area contributed by atoms with Gasteiger partial charge in [0.1, 0.15) is 19.8 Å². The van der Waals surface area contributed by atoms with Crippen molar-refractivity contribution in [2.24, 2.45) is 0 Å². The van der Waals surface area contributed by atoms with Gasteiger partial charge in [-0.05, 0) is 96.3 Å². The third-order valence-corrected chi connectivity index (χ3v) is 11.6. The molecule has 0 aliphatic rings. The zero-order chi connectivity index (χ0) is 48.5. The summed E-state index contributed by atoms with van der Waals surface area (Å²) < 4.78 is 34.4. The summed E-state index contributed by atoms with van der Waals surface area (Å²) in [6, 6.07) is 0. The van der Waals surface area contributed by atoms with Crippen LogP contribution in [-0.4, -0.2) is 74.9 Å². The van der Waals surface area contributed by atoms with Crippen molar-refractivity contribution in [3.8, 4) is 0 Å². The lowest BCUT2D eigenvalue weighted by Crippen LogP contribution is -2.37. The van der Waals surface area contributed by atoms with E-state index in [4.69, 9.17) is 18.5 Å². The average Bonchev–Trinajstić information content (AvgIpc) is 3.27. The third-order valence-electron chi connectivity index (χ3n) is 10.6. The first kappa shape index (κ1) is 62.9. The summed E-state index contributed by atoms with van der Waals surface area (Å²) >= 11 is 0. The van der Waals surface area contributed by atoms with Crippen LogP contribution in [0.3, 0.4) is 0 Å². The van der Waals surface area contributed by atoms with Gasteiger partial charge in [0.05, 0.1) is 27.7 Å². The first-order valence-electron chi connectivity index (χ1n) is 26.0. The quantitative estimate of drug-likeness (QED) is 0.0211. The van der Waals surface area contributed by atoms with Gasteiger partial charge in [0.2, 0.25) is 0 Å². The van der Waals surface area contributed by atoms with E-state index in [1.54, 1.807) is 0 Å². The van der Waals surface area contributed by atoms with Crippen LogP contribution in [0.5, 0.6) is 0 Å². The van der Waals surface area contributed by atoms with E-state index >= 15 is 0 Å². The molecule has 0 spiro atoms. The summed E-state index contributed by atoms with van der Waals surface area (Å²) in [5.74, 6) is -0.830. The Kier molecular flexibility index (Phi) is 44.8. The molecular weight excluding hydrogens is 846 g/mol. The van der Waals surface area contributed by atoms with Crippen LogP contribution in [0.2, 0.25) is 0 Å². The SMILES string of the molecule is CC/C=C\C/C=C\C/C=C\C/C=C\C/C=C\C/C=C\CCCCCCCCC(=O)OC(COC(=O)CCCCCCCCC/C=C\C/C=C\CCCCC)COP(=O)(O)OCC[N+](C)(C)C. The molecule has 1 N–H and O–H groups in total. The van der Waals surface area contributed by atoms with E-state index in [1.165, 1.54) is 44.9 Å². The summed E-state index contributed by atoms with van der Waals surface area (Å²) in [5.41, 5.74) is 0. The molecule has 378 valence electrons. The smallest absolute Gasteiger partial charge is 0.462 e. The minimum absolute atomic E-state index is 0.0218. The molecule has 0 saturated carbocycles. The molecule has 2 unspecified atom stereocenters. The van der Waals surface area contributed by atoms with Gasteiger partial charge in [-0.2, -0.15) is 0 Å². The molecule has 2 atom stereocenters. The lowest BCUT2D eigenvalue weighted by molar-refractivity contribution is -0.870. The maximum atomic E-state index is 12.8. The highest BCUT2D eigenvalue weighted by Gasteiger charge is 2.27. The second-order valence-electron chi connectivity index (χ2n) is 18.2. The predicted octanol–water partition coefficient (Wildman–Crippen LogP) is 15.7. The fourth-order valence-corrected chi connectivity index (χ4v) is 7.32. The van der Waals surface area contributed by atoms with Crippen molar-refractivity contribution >= 4 is 19.8 Å². The third kappa shape index (κ3) is 50.3. The molecule has 0 aromatic rings. The Bertz CT molecular complexity index is 1440. The molecule has 0 bridgehead atoms. The maximum Gasteiger partial charge on any atom is 0.472 e. The molecule has 0 amide bonds. The number of phosphoric ester groups is 1. The van der Waals surface area contributed by atoms with Crippen LogP contribution in [0.4, 0.5) is 0 Å². The Morgan fingerprint density at radius 3 is 1.29 bits per heavy atom. The highest BCUT2D eigenvalue weighted by atomic mass is 31.2. The second kappa shape index (κ2) is 47.0. The van der Waals surface area contributed by atoms with Crippen LogP contribution < -0.4 is 0 Å². The Balaban J connectivity index is 4.32. The lowest BCUT2D eigenvalue weighted by Gasteiger charge is -2.24. The number of quaternary nitrogens is 1. The molecule has 0 radical (unpaired) electrons. The fourth-order valence-electron chi connectivity index (χ4n) is 6.58. The number of esters is 2. The maximum absolute atomic E-state index is 12.8. The van der Waals surface area contributed by atoms with E-state index in [-0.39, 0.29) is 32.0 Å². The van der Waals surface area contributed by atoms with Crippen LogP contribution in [0.1, 0.15) is 194 Å². The molecule has 0 heterocycles. The Morgan fingerprint density at radius 2 is 0.864 bits per heavy atom. The number of likely N-dealkylation sites (N-methyl/N-ethyl adjacent to an activating group) is 1. The van der Waals surface area contributed by atoms with Gasteiger partial charge in [-0.25, -0.2) is 4.57 Å². The minimum Gasteiger partial charge on any atom is -0.462 e. The summed E-state index contributed by atoms with van der Waals surface area (Å²) in [6.45, 7) is 4.25. The normalized spacial score (nSPS) is 14.2. The van der Waals surface area contributed by atoms with E-state index in [9.17, 15) is 19.0 Å². The molecule has 0 aromatic carbocycles. The summed E-state index contributed by atoms with van der Waals surface area (Å²) in [4.78, 5) is 35.6. The van der Waals surface area contributed by atoms with Gasteiger partial charge < -0.3 is 18.9 Å². The topological polar surface area (TPSA) is 108 Å². The molecular formula is C56H97NO8P+. The zero-order valence-corrected chi connectivity index (χ0v) is 43.5. The number of ether oxygens (including phenoxy) is 2. The molecule has 0 aliphatic heterocycles. The van der Waals surface area contributed by atoms with E-state index in [0.717, 1.165) is 116 Å². The summed E-state index contributed by atoms with van der Waals surface area (Å²) in [6.07, 6.45) is 63.1. The molecule has 0 saturated heterocycles. The summed E-state index contributed by atoms with van der Waals surface area (Å²) in [5, 5.41) is 0. The van der Waals surface area contributed by atoms with Crippen LogP contribution in [0.25, 0.3) is 0 Å². The van der Waals surface area contributed by atoms with E-state index in [2.05, 4.69) is 111 Å². The Labute approximate surface area is 404 Å². The van der Waals surface area contributed by atoms with Crippen molar-refractivity contribution in [1.82, 2.24) is 0 Å². The number of carbonyl (C=O) groups is 2. The number of carbonyl (C=O) groups excluding carboxylic acids is 2. The van der Waals surface area contributed by atoms with Gasteiger partial charge in [0.25, 0.3) is 0 Å². The first-order chi connectivity index (χ1) is 32.0. The number of nitrogens with zero attached hydrogens (tertiary/aromatic N) is 1. The fraction of sp³-hybridized carbons (Fsp3) is 0.679. The van der Waals surface area contributed by atoms with Crippen molar-refractivity contribution in [1.29, 1.82) is 0 Å². The monoisotopic (exact) mass is 943 g/mol. The van der Waals surface area contributed by atoms with Crippen LogP contribution in [0.15, 0.2) is 97.2 Å². The lowest BCUT2D eigenvalue weighted by atomic mass is 10.1. The standard InChI is InChI=1S/C56H96NO8P/c1-6-8-10-12-14-16-18-20-22-24-25-26-27-28-29-30-31-33-35-37-39-41-43-45-47-49-56(59)65-54(53-64-66(60,61)63-51-50-57(3,4)5)52-62-55(58)48-46-44-42-40-38-36-34-32-23-21-19-17-15-13-11-9-7-2/h8,10,14-17,20-23,25-26,28-29,31,33,54H,6-7,9,11-13,18-19,24,27,30,32,34-53H2,1-5H3/p+1/b10-8-,16-14-,17-15-,22-20-,23-21-,26-25-,29-28-,33-31-. The van der Waals surface area contributed by atoms with E-state index in [0.29, 0.717) is 17.4 Å². The number of hydrogen-bond acceptors (Lipinski definition) is 7. The predicted molar refractivity (Wildman–Crippen MR) is 279 cm³/mol. The summed E-state index contributed by atoms with van der Waals surface area (Å²) in [7, 11) is 1.45. The first-order valence-corrected chi connectivity index (χ1v) is 27.5. The number of unbranched alkanes of at least 4 members (excludes halogenated alkanes) is 16. The number of allylic oxidation sites excluding steroid dienone is 16. The number of rotatable bonds is 46. The van der Waals surface area contributed by atoms with Crippen LogP contribution in [0, 0.1) is 0 Å². The molecule has 0 fully saturated rings. The minimum atomic E-state index is -4.39. The Hall–Kier alpha value is -3.07. The van der Waals surface area contributed by atoms with E-state index < -0.39 is 26.5 Å². The molecule has 9 nitrogen and oxygen atoms in total. The van der Waals surface area contributed by atoms with Gasteiger partial charge in [0.15, 0.2) is 6.10 Å². The van der Waals surface area contributed by atoms with Crippen LogP contribution in [-0.2, 0) is 32.7 Å². The van der Waals surface area contributed by atoms with E-state index in [1.807, 2.05) is 21.1 Å². The van der Waals surface area contributed by atoms with Gasteiger partial charge in [0, 0.05) is 12.8 Å². The molecule has 0 aromatic heterocycles. The van der Waals surface area contributed by atoms with Crippen molar-refractivity contribution < 1.29 is 42.1 Å². The molecule has 10 heteroatoms. The van der Waals surface area contributed by atoms with Crippen molar-refractivity contribution in [2.75, 3.05) is 47.5 Å². The second-order valence-corrected chi connectivity index (χ2v) is 19.6. The molecule has 0 rings (SSSR count). The Morgan fingerprint density at radius 1 is 0.485 bits per heavy atom. The molecule has 66 heavy (non-hydrogen) atoms. The van der Waals surface area contributed by atoms with Crippen molar-refractivity contribution in [3.05, 3.63) is 97.2 Å². The van der Waals surface area contributed by atoms with Gasteiger partial charge in [-0.3, -0.25) is 18.6 Å². The van der Waals surface area contributed by atoms with Crippen molar-refractivity contribution in [2.45, 2.75) is 200 Å². The largest absolute Gasteiger partial charge is 0.472 e. The van der Waals surface area contributed by atoms with Gasteiger partial charge in [-0.1, -0.05) is 182 Å². The zero-order valence-electron chi connectivity index (χ0n) is 42.6. The number of hydrogen-bond donors (Lipinski definition) is 1. The van der Waals surface area contributed by atoms with Gasteiger partial charge >= 0.3 is 19.8 Å². The van der Waals surface area contributed by atoms with Crippen LogP contribution >= 0.6 is 7.82 Å². The number of phosphoric acid groups is 1. The highest BCUT2D eigenvalue weighted by molar-refractivity contribution is 7.47. The van der Waals surface area contributed by atoms with Crippen molar-refractivity contribution in [3.63, 3.8) is 0 Å². The average molecular weight is 943 g/mol.